The van der Waals surface area contributed by atoms with Gasteiger partial charge in [-0.25, -0.2) is 4.98 Å². The van der Waals surface area contributed by atoms with Gasteiger partial charge < -0.3 is 14.6 Å². The number of thiophene rings is 1. The molecule has 0 saturated carbocycles. The van der Waals surface area contributed by atoms with Crippen LogP contribution in [-0.2, 0) is 6.54 Å². The average molecular weight is 327 g/mol. The number of hydrogen-bond acceptors (Lipinski definition) is 5. The summed E-state index contributed by atoms with van der Waals surface area (Å²) in [6.45, 7) is 0.448. The highest BCUT2D eigenvalue weighted by molar-refractivity contribution is 7.13. The van der Waals surface area contributed by atoms with E-state index in [1.807, 2.05) is 60.8 Å². The van der Waals surface area contributed by atoms with Crippen LogP contribution in [0, 0.1) is 0 Å². The third-order valence-electron chi connectivity index (χ3n) is 3.43. The van der Waals surface area contributed by atoms with E-state index in [1.165, 1.54) is 17.7 Å². The zero-order valence-electron chi connectivity index (χ0n) is 12.9. The summed E-state index contributed by atoms with van der Waals surface area (Å²) in [5.74, 6) is 0.277. The second-order valence-corrected chi connectivity index (χ2v) is 6.20. The molecule has 0 aliphatic rings. The summed E-state index contributed by atoms with van der Waals surface area (Å²) in [5.41, 5.74) is 2.47. The highest BCUT2D eigenvalue weighted by atomic mass is 32.1. The molecule has 3 rings (SSSR count). The number of hydrogen-bond donors (Lipinski definition) is 1. The second kappa shape index (κ2) is 6.66. The molecule has 118 valence electrons. The maximum absolute atomic E-state index is 12.3. The minimum absolute atomic E-state index is 0.237. The van der Waals surface area contributed by atoms with E-state index in [0.717, 1.165) is 16.1 Å². The zero-order chi connectivity index (χ0) is 16.2. The molecule has 0 fully saturated rings. The molecule has 1 N–H and O–H groups in total. The highest BCUT2D eigenvalue weighted by Crippen LogP contribution is 2.27. The van der Waals surface area contributed by atoms with E-state index < -0.39 is 0 Å². The Morgan fingerprint density at radius 1 is 1.26 bits per heavy atom. The summed E-state index contributed by atoms with van der Waals surface area (Å²) < 4.78 is 5.36. The van der Waals surface area contributed by atoms with Crippen molar-refractivity contribution < 1.29 is 9.21 Å². The first-order valence-corrected chi connectivity index (χ1v) is 8.05. The van der Waals surface area contributed by atoms with Crippen LogP contribution in [0.15, 0.2) is 52.6 Å². The lowest BCUT2D eigenvalue weighted by Crippen LogP contribution is -2.23. The van der Waals surface area contributed by atoms with Crippen molar-refractivity contribution in [3.8, 4) is 10.6 Å². The SMILES string of the molecule is CN(C)c1ccc(CNC(=O)c2ncoc2-c2cccs2)cc1. The monoisotopic (exact) mass is 327 g/mol. The van der Waals surface area contributed by atoms with Gasteiger partial charge in [0.2, 0.25) is 0 Å². The molecule has 5 nitrogen and oxygen atoms in total. The van der Waals surface area contributed by atoms with Gasteiger partial charge in [0.05, 0.1) is 4.88 Å². The van der Waals surface area contributed by atoms with Crippen molar-refractivity contribution >= 4 is 22.9 Å². The third kappa shape index (κ3) is 3.43. The van der Waals surface area contributed by atoms with Crippen LogP contribution >= 0.6 is 11.3 Å². The first-order valence-electron chi connectivity index (χ1n) is 7.17. The summed E-state index contributed by atoms with van der Waals surface area (Å²) in [6.07, 6.45) is 1.30. The fraction of sp³-hybridized carbons (Fsp3) is 0.176. The molecule has 0 unspecified atom stereocenters. The Labute approximate surface area is 138 Å². The predicted octanol–water partition coefficient (Wildman–Crippen LogP) is 3.40. The van der Waals surface area contributed by atoms with Gasteiger partial charge in [-0.15, -0.1) is 11.3 Å². The van der Waals surface area contributed by atoms with Crippen molar-refractivity contribution in [1.82, 2.24) is 10.3 Å². The van der Waals surface area contributed by atoms with Gasteiger partial charge in [0, 0.05) is 26.3 Å². The minimum atomic E-state index is -0.237. The molecule has 0 aliphatic carbocycles. The van der Waals surface area contributed by atoms with Crippen LogP contribution in [0.4, 0.5) is 5.69 Å². The number of rotatable bonds is 5. The minimum Gasteiger partial charge on any atom is -0.442 e. The summed E-state index contributed by atoms with van der Waals surface area (Å²) in [7, 11) is 3.99. The Hall–Kier alpha value is -2.60. The smallest absolute Gasteiger partial charge is 0.274 e. The van der Waals surface area contributed by atoms with Gasteiger partial charge in [-0.05, 0) is 29.1 Å². The van der Waals surface area contributed by atoms with Gasteiger partial charge in [0.1, 0.15) is 0 Å². The van der Waals surface area contributed by atoms with Gasteiger partial charge in [-0.3, -0.25) is 4.79 Å². The standard InChI is InChI=1S/C17H17N3O2S/c1-20(2)13-7-5-12(6-8-13)10-18-17(21)15-16(22-11-19-15)14-4-3-9-23-14/h3-9,11H,10H2,1-2H3,(H,18,21). The molecule has 0 aliphatic heterocycles. The van der Waals surface area contributed by atoms with Gasteiger partial charge in [0.25, 0.3) is 5.91 Å². The van der Waals surface area contributed by atoms with Crippen molar-refractivity contribution in [1.29, 1.82) is 0 Å². The topological polar surface area (TPSA) is 58.4 Å². The molecule has 6 heteroatoms. The molecule has 0 saturated heterocycles. The van der Waals surface area contributed by atoms with E-state index in [2.05, 4.69) is 10.3 Å². The van der Waals surface area contributed by atoms with Gasteiger partial charge in [-0.1, -0.05) is 18.2 Å². The maximum atomic E-state index is 12.3. The van der Waals surface area contributed by atoms with E-state index in [9.17, 15) is 4.79 Å². The molecule has 2 heterocycles. The number of nitrogens with zero attached hydrogens (tertiary/aromatic N) is 2. The van der Waals surface area contributed by atoms with Crippen molar-refractivity contribution in [2.24, 2.45) is 0 Å². The van der Waals surface area contributed by atoms with E-state index in [4.69, 9.17) is 4.42 Å². The number of benzene rings is 1. The second-order valence-electron chi connectivity index (χ2n) is 5.25. The van der Waals surface area contributed by atoms with Crippen LogP contribution in [0.25, 0.3) is 10.6 Å². The van der Waals surface area contributed by atoms with Crippen molar-refractivity contribution in [3.63, 3.8) is 0 Å². The van der Waals surface area contributed by atoms with Crippen LogP contribution in [0.1, 0.15) is 16.1 Å². The number of amides is 1. The molecule has 1 amide bonds. The summed E-state index contributed by atoms with van der Waals surface area (Å²) in [6, 6.07) is 11.9. The lowest BCUT2D eigenvalue weighted by molar-refractivity contribution is 0.0947. The Morgan fingerprint density at radius 2 is 2.04 bits per heavy atom. The lowest BCUT2D eigenvalue weighted by Gasteiger charge is -2.12. The number of anilines is 1. The number of oxazole rings is 1. The largest absolute Gasteiger partial charge is 0.442 e. The zero-order valence-corrected chi connectivity index (χ0v) is 13.8. The molecule has 3 aromatic rings. The normalized spacial score (nSPS) is 10.5. The van der Waals surface area contributed by atoms with Gasteiger partial charge in [0.15, 0.2) is 17.8 Å². The Balaban J connectivity index is 1.67. The molecule has 2 aromatic heterocycles. The van der Waals surface area contributed by atoms with Gasteiger partial charge in [-0.2, -0.15) is 0 Å². The van der Waals surface area contributed by atoms with Crippen molar-refractivity contribution in [2.45, 2.75) is 6.54 Å². The van der Waals surface area contributed by atoms with E-state index in [-0.39, 0.29) is 5.91 Å². The number of carbonyl (C=O) groups excluding carboxylic acids is 1. The molecular formula is C17H17N3O2S. The Morgan fingerprint density at radius 3 is 2.70 bits per heavy atom. The number of aromatic nitrogens is 1. The molecular weight excluding hydrogens is 310 g/mol. The van der Waals surface area contributed by atoms with Crippen LogP contribution < -0.4 is 10.2 Å². The summed E-state index contributed by atoms with van der Waals surface area (Å²) in [5, 5.41) is 4.82. The van der Waals surface area contributed by atoms with Crippen LogP contribution in [0.5, 0.6) is 0 Å². The van der Waals surface area contributed by atoms with Crippen molar-refractivity contribution in [2.75, 3.05) is 19.0 Å². The third-order valence-corrected chi connectivity index (χ3v) is 4.30. The van der Waals surface area contributed by atoms with Crippen molar-refractivity contribution in [3.05, 3.63) is 59.4 Å². The summed E-state index contributed by atoms with van der Waals surface area (Å²) >= 11 is 1.51. The molecule has 0 atom stereocenters. The fourth-order valence-electron chi connectivity index (χ4n) is 2.17. The molecule has 23 heavy (non-hydrogen) atoms. The lowest BCUT2D eigenvalue weighted by atomic mass is 10.2. The predicted molar refractivity (Wildman–Crippen MR) is 91.8 cm³/mol. The quantitative estimate of drug-likeness (QED) is 0.780. The van der Waals surface area contributed by atoms with E-state index in [0.29, 0.717) is 18.0 Å². The highest BCUT2D eigenvalue weighted by Gasteiger charge is 2.18. The van der Waals surface area contributed by atoms with E-state index in [1.54, 1.807) is 0 Å². The van der Waals surface area contributed by atoms with Crippen LogP contribution in [0.3, 0.4) is 0 Å². The number of nitrogens with one attached hydrogen (secondary N) is 1. The van der Waals surface area contributed by atoms with Crippen LogP contribution in [0.2, 0.25) is 0 Å². The fourth-order valence-corrected chi connectivity index (χ4v) is 2.88. The first kappa shape index (κ1) is 15.3. The average Bonchev–Trinajstić information content (AvgIpc) is 3.23. The maximum Gasteiger partial charge on any atom is 0.274 e. The van der Waals surface area contributed by atoms with E-state index >= 15 is 0 Å². The Bertz CT molecular complexity index is 777. The first-order chi connectivity index (χ1) is 11.1. The molecule has 0 bridgehead atoms. The molecule has 0 radical (unpaired) electrons. The Kier molecular flexibility index (Phi) is 4.43. The molecule has 0 spiro atoms. The summed E-state index contributed by atoms with van der Waals surface area (Å²) in [4.78, 5) is 19.3. The van der Waals surface area contributed by atoms with Gasteiger partial charge >= 0.3 is 0 Å². The number of carbonyl (C=O) groups is 1. The molecule has 1 aromatic carbocycles. The van der Waals surface area contributed by atoms with Crippen LogP contribution in [-0.4, -0.2) is 25.0 Å².